The van der Waals surface area contributed by atoms with E-state index in [0.29, 0.717) is 25.1 Å². The van der Waals surface area contributed by atoms with Crippen LogP contribution in [0.3, 0.4) is 0 Å². The van der Waals surface area contributed by atoms with Crippen LogP contribution in [-0.2, 0) is 16.1 Å². The quantitative estimate of drug-likeness (QED) is 0.337. The Bertz CT molecular complexity index is 1090. The molecule has 1 aromatic heterocycles. The van der Waals surface area contributed by atoms with Crippen LogP contribution >= 0.6 is 15.9 Å². The topological polar surface area (TPSA) is 75.4 Å². The second-order valence-corrected chi connectivity index (χ2v) is 7.98. The van der Waals surface area contributed by atoms with Crippen molar-refractivity contribution in [2.75, 3.05) is 6.54 Å². The van der Waals surface area contributed by atoms with E-state index in [-0.39, 0.29) is 11.3 Å². The van der Waals surface area contributed by atoms with E-state index in [1.54, 1.807) is 41.7 Å². The van der Waals surface area contributed by atoms with Crippen LogP contribution in [0.4, 0.5) is 0 Å². The molecule has 1 amide bonds. The van der Waals surface area contributed by atoms with Crippen LogP contribution in [0.25, 0.3) is 5.76 Å². The van der Waals surface area contributed by atoms with E-state index in [1.807, 2.05) is 41.1 Å². The SMILES string of the molecule is O=C1C(=O)N(CCCn2ccnc2)C(c2cccc(Br)c2)C1=C(O)c1ccccc1. The number of aromatic nitrogens is 2. The first-order chi connectivity index (χ1) is 14.6. The summed E-state index contributed by atoms with van der Waals surface area (Å²) in [7, 11) is 0. The molecule has 6 nitrogen and oxygen atoms in total. The fourth-order valence-electron chi connectivity index (χ4n) is 3.73. The van der Waals surface area contributed by atoms with Gasteiger partial charge >= 0.3 is 0 Å². The van der Waals surface area contributed by atoms with Crippen molar-refractivity contribution in [1.29, 1.82) is 0 Å². The first-order valence-electron chi connectivity index (χ1n) is 9.61. The number of Topliss-reactive ketones (excluding diaryl/α,β-unsaturated/α-hetero) is 1. The summed E-state index contributed by atoms with van der Waals surface area (Å²) < 4.78 is 2.76. The summed E-state index contributed by atoms with van der Waals surface area (Å²) >= 11 is 3.46. The average molecular weight is 466 g/mol. The van der Waals surface area contributed by atoms with Gasteiger partial charge in [-0.25, -0.2) is 4.98 Å². The predicted octanol–water partition coefficient (Wildman–Crippen LogP) is 4.16. The number of hydrogen-bond acceptors (Lipinski definition) is 4. The Balaban J connectivity index is 1.73. The van der Waals surface area contributed by atoms with E-state index in [4.69, 9.17) is 0 Å². The molecule has 1 aliphatic rings. The fraction of sp³-hybridized carbons (Fsp3) is 0.174. The second kappa shape index (κ2) is 8.67. The molecule has 1 saturated heterocycles. The highest BCUT2D eigenvalue weighted by Crippen LogP contribution is 2.40. The molecule has 0 spiro atoms. The van der Waals surface area contributed by atoms with E-state index in [1.165, 1.54) is 0 Å². The minimum absolute atomic E-state index is 0.118. The standard InChI is InChI=1S/C23H20BrN3O3/c24-18-9-4-8-17(14-18)20-19(21(28)16-6-2-1-3-7-16)22(29)23(30)27(20)12-5-11-26-13-10-25-15-26/h1-4,6-10,13-15,20,28H,5,11-12H2. The van der Waals surface area contributed by atoms with E-state index in [2.05, 4.69) is 20.9 Å². The van der Waals surface area contributed by atoms with Crippen LogP contribution in [0.1, 0.15) is 23.6 Å². The van der Waals surface area contributed by atoms with Gasteiger partial charge in [0.1, 0.15) is 5.76 Å². The van der Waals surface area contributed by atoms with Gasteiger partial charge in [-0.3, -0.25) is 9.59 Å². The summed E-state index contributed by atoms with van der Waals surface area (Å²) in [5, 5.41) is 11.0. The average Bonchev–Trinajstić information content (AvgIpc) is 3.36. The third-order valence-corrected chi connectivity index (χ3v) is 5.62. The molecule has 3 aromatic rings. The molecule has 1 unspecified atom stereocenters. The predicted molar refractivity (Wildman–Crippen MR) is 116 cm³/mol. The largest absolute Gasteiger partial charge is 0.507 e. The molecule has 0 bridgehead atoms. The Kier molecular flexibility index (Phi) is 5.81. The van der Waals surface area contributed by atoms with Crippen molar-refractivity contribution in [2.45, 2.75) is 19.0 Å². The lowest BCUT2D eigenvalue weighted by Gasteiger charge is -2.25. The summed E-state index contributed by atoms with van der Waals surface area (Å²) in [6, 6.07) is 15.7. The molecule has 1 N–H and O–H groups in total. The van der Waals surface area contributed by atoms with Gasteiger partial charge in [0.05, 0.1) is 17.9 Å². The zero-order valence-corrected chi connectivity index (χ0v) is 17.7. The first-order valence-corrected chi connectivity index (χ1v) is 10.4. The third kappa shape index (κ3) is 3.93. The Labute approximate surface area is 182 Å². The van der Waals surface area contributed by atoms with Crippen LogP contribution < -0.4 is 0 Å². The van der Waals surface area contributed by atoms with Crippen LogP contribution in [0.5, 0.6) is 0 Å². The van der Waals surface area contributed by atoms with Gasteiger partial charge in [-0.15, -0.1) is 0 Å². The highest BCUT2D eigenvalue weighted by molar-refractivity contribution is 9.10. The minimum Gasteiger partial charge on any atom is -0.507 e. The number of aliphatic hydroxyl groups is 1. The van der Waals surface area contributed by atoms with Crippen LogP contribution in [-0.4, -0.2) is 37.8 Å². The maximum absolute atomic E-state index is 13.0. The van der Waals surface area contributed by atoms with Gasteiger partial charge < -0.3 is 14.6 Å². The van der Waals surface area contributed by atoms with Crippen LogP contribution in [0, 0.1) is 0 Å². The Morgan fingerprint density at radius 1 is 1.07 bits per heavy atom. The number of halogens is 1. The van der Waals surface area contributed by atoms with Gasteiger partial charge in [0.2, 0.25) is 0 Å². The van der Waals surface area contributed by atoms with Crippen LogP contribution in [0.2, 0.25) is 0 Å². The Morgan fingerprint density at radius 2 is 1.87 bits per heavy atom. The molecule has 4 rings (SSSR count). The molecule has 1 aliphatic heterocycles. The van der Waals surface area contributed by atoms with Crippen molar-refractivity contribution in [1.82, 2.24) is 14.5 Å². The zero-order valence-electron chi connectivity index (χ0n) is 16.1. The lowest BCUT2D eigenvalue weighted by atomic mass is 9.95. The zero-order chi connectivity index (χ0) is 21.1. The third-order valence-electron chi connectivity index (χ3n) is 5.13. The number of carbonyl (C=O) groups is 2. The Morgan fingerprint density at radius 3 is 2.57 bits per heavy atom. The molecular weight excluding hydrogens is 446 g/mol. The molecule has 2 aromatic carbocycles. The van der Waals surface area contributed by atoms with E-state index in [9.17, 15) is 14.7 Å². The lowest BCUT2D eigenvalue weighted by Crippen LogP contribution is -2.31. The van der Waals surface area contributed by atoms with Gasteiger partial charge in [-0.2, -0.15) is 0 Å². The number of rotatable bonds is 6. The van der Waals surface area contributed by atoms with Gasteiger partial charge in [-0.05, 0) is 24.1 Å². The van der Waals surface area contributed by atoms with Crippen molar-refractivity contribution in [2.24, 2.45) is 0 Å². The normalized spacial score (nSPS) is 18.2. The monoisotopic (exact) mass is 465 g/mol. The highest BCUT2D eigenvalue weighted by atomic mass is 79.9. The van der Waals surface area contributed by atoms with Crippen molar-refractivity contribution in [3.8, 4) is 0 Å². The number of aliphatic hydroxyl groups excluding tert-OH is 1. The number of hydrogen-bond donors (Lipinski definition) is 1. The number of aryl methyl sites for hydroxylation is 1. The molecule has 152 valence electrons. The fourth-order valence-corrected chi connectivity index (χ4v) is 4.14. The number of ketones is 1. The molecule has 2 heterocycles. The van der Waals surface area contributed by atoms with Gasteiger partial charge in [0.25, 0.3) is 11.7 Å². The number of carbonyl (C=O) groups excluding carboxylic acids is 2. The van der Waals surface area contributed by atoms with E-state index >= 15 is 0 Å². The summed E-state index contributed by atoms with van der Waals surface area (Å²) in [4.78, 5) is 31.4. The molecule has 30 heavy (non-hydrogen) atoms. The summed E-state index contributed by atoms with van der Waals surface area (Å²) in [5.74, 6) is -1.41. The van der Waals surface area contributed by atoms with E-state index in [0.717, 1.165) is 10.0 Å². The van der Waals surface area contributed by atoms with Gasteiger partial charge in [-0.1, -0.05) is 58.4 Å². The van der Waals surface area contributed by atoms with Crippen molar-refractivity contribution < 1.29 is 14.7 Å². The summed E-state index contributed by atoms with van der Waals surface area (Å²) in [6.07, 6.45) is 5.93. The molecule has 7 heteroatoms. The van der Waals surface area contributed by atoms with Gasteiger partial charge in [0, 0.05) is 35.5 Å². The number of amides is 1. The molecule has 1 atom stereocenters. The number of imidazole rings is 1. The summed E-state index contributed by atoms with van der Waals surface area (Å²) in [5.41, 5.74) is 1.39. The van der Waals surface area contributed by atoms with Crippen molar-refractivity contribution in [3.63, 3.8) is 0 Å². The number of benzene rings is 2. The molecule has 0 radical (unpaired) electrons. The molecule has 0 aliphatic carbocycles. The molecule has 1 fully saturated rings. The lowest BCUT2D eigenvalue weighted by molar-refractivity contribution is -0.139. The minimum atomic E-state index is -0.663. The molecule has 0 saturated carbocycles. The number of nitrogens with zero attached hydrogens (tertiary/aromatic N) is 3. The second-order valence-electron chi connectivity index (χ2n) is 7.07. The van der Waals surface area contributed by atoms with Gasteiger partial charge in [0.15, 0.2) is 0 Å². The van der Waals surface area contributed by atoms with E-state index < -0.39 is 17.7 Å². The number of likely N-dealkylation sites (tertiary alicyclic amines) is 1. The maximum atomic E-state index is 13.0. The smallest absolute Gasteiger partial charge is 0.295 e. The molecular formula is C23H20BrN3O3. The van der Waals surface area contributed by atoms with Crippen molar-refractivity contribution >= 4 is 33.4 Å². The highest BCUT2D eigenvalue weighted by Gasteiger charge is 2.45. The maximum Gasteiger partial charge on any atom is 0.295 e. The first kappa shape index (κ1) is 20.1. The van der Waals surface area contributed by atoms with Crippen molar-refractivity contribution in [3.05, 3.63) is 94.5 Å². The Hall–Kier alpha value is -3.19. The summed E-state index contributed by atoms with van der Waals surface area (Å²) in [6.45, 7) is 1.05. The van der Waals surface area contributed by atoms with Crippen LogP contribution in [0.15, 0.2) is 83.4 Å².